The molecule has 27 heavy (non-hydrogen) atoms. The maximum absolute atomic E-state index is 12.0. The van der Waals surface area contributed by atoms with Crippen molar-refractivity contribution in [2.45, 2.75) is 26.2 Å². The Bertz CT molecular complexity index is 883. The fraction of sp³-hybridized carbons (Fsp3) is 0.286. The van der Waals surface area contributed by atoms with E-state index in [4.69, 9.17) is 5.11 Å². The summed E-state index contributed by atoms with van der Waals surface area (Å²) in [5, 5.41) is 15.9. The second kappa shape index (κ2) is 8.60. The summed E-state index contributed by atoms with van der Waals surface area (Å²) in [4.78, 5) is 16.4. The van der Waals surface area contributed by atoms with Crippen molar-refractivity contribution in [2.24, 2.45) is 0 Å². The molecule has 2 aromatic heterocycles. The van der Waals surface area contributed by atoms with Crippen molar-refractivity contribution >= 4 is 5.91 Å². The number of aliphatic hydroxyl groups excluding tert-OH is 1. The van der Waals surface area contributed by atoms with Crippen molar-refractivity contribution in [2.75, 3.05) is 13.2 Å². The minimum absolute atomic E-state index is 0.0572. The lowest BCUT2D eigenvalue weighted by atomic mass is 10.0. The molecule has 0 atom stereocenters. The van der Waals surface area contributed by atoms with E-state index >= 15 is 0 Å². The lowest BCUT2D eigenvalue weighted by molar-refractivity contribution is 0.0951. The Morgan fingerprint density at radius 3 is 2.56 bits per heavy atom. The molecular formula is C21H24N4O2. The zero-order chi connectivity index (χ0) is 19.2. The van der Waals surface area contributed by atoms with E-state index in [1.807, 2.05) is 16.9 Å². The van der Waals surface area contributed by atoms with E-state index in [9.17, 15) is 4.79 Å². The van der Waals surface area contributed by atoms with Crippen molar-refractivity contribution in [3.63, 3.8) is 0 Å². The molecule has 0 spiro atoms. The Kier molecular flexibility index (Phi) is 5.98. The number of amides is 1. The van der Waals surface area contributed by atoms with E-state index in [-0.39, 0.29) is 12.5 Å². The van der Waals surface area contributed by atoms with Crippen LogP contribution >= 0.6 is 0 Å². The number of aromatic nitrogens is 3. The van der Waals surface area contributed by atoms with Gasteiger partial charge >= 0.3 is 0 Å². The van der Waals surface area contributed by atoms with Crippen LogP contribution in [0.1, 0.15) is 42.1 Å². The molecule has 1 aromatic carbocycles. The predicted octanol–water partition coefficient (Wildman–Crippen LogP) is 3.17. The largest absolute Gasteiger partial charge is 0.396 e. The Morgan fingerprint density at radius 2 is 1.93 bits per heavy atom. The summed E-state index contributed by atoms with van der Waals surface area (Å²) in [6, 6.07) is 11.9. The number of benzene rings is 1. The minimum atomic E-state index is -0.191. The molecule has 0 fully saturated rings. The summed E-state index contributed by atoms with van der Waals surface area (Å²) >= 11 is 0. The SMILES string of the molecule is CC(C)c1ccc(-n2cc(-c3ccc(C(=O)NCCCO)cn3)cn2)cc1. The Labute approximate surface area is 158 Å². The van der Waals surface area contributed by atoms with Crippen LogP contribution in [-0.2, 0) is 0 Å². The molecular weight excluding hydrogens is 340 g/mol. The molecule has 3 aromatic rings. The molecule has 1 amide bonds. The van der Waals surface area contributed by atoms with Crippen LogP contribution in [0, 0.1) is 0 Å². The van der Waals surface area contributed by atoms with Crippen molar-refractivity contribution < 1.29 is 9.90 Å². The van der Waals surface area contributed by atoms with Crippen LogP contribution in [0.3, 0.4) is 0 Å². The third-order valence-corrected chi connectivity index (χ3v) is 4.35. The van der Waals surface area contributed by atoms with Gasteiger partial charge in [-0.2, -0.15) is 5.10 Å². The Balaban J connectivity index is 1.71. The normalized spacial score (nSPS) is 11.0. The maximum atomic E-state index is 12.0. The standard InChI is InChI=1S/C21H24N4O2/c1-15(2)16-4-7-19(8-5-16)25-14-18(13-24-25)20-9-6-17(12-23-20)21(27)22-10-3-11-26/h4-9,12-15,26H,3,10-11H2,1-2H3,(H,22,27). The number of hydrogen-bond acceptors (Lipinski definition) is 4. The molecule has 3 rings (SSSR count). The first kappa shape index (κ1) is 18.8. The molecule has 6 nitrogen and oxygen atoms in total. The molecule has 2 heterocycles. The zero-order valence-corrected chi connectivity index (χ0v) is 15.6. The maximum Gasteiger partial charge on any atom is 0.252 e. The molecule has 0 aliphatic heterocycles. The second-order valence-corrected chi connectivity index (χ2v) is 6.68. The molecule has 0 saturated heterocycles. The highest BCUT2D eigenvalue weighted by molar-refractivity contribution is 5.94. The number of carbonyl (C=O) groups is 1. The molecule has 6 heteroatoms. The third kappa shape index (κ3) is 4.60. The highest BCUT2D eigenvalue weighted by Crippen LogP contribution is 2.20. The van der Waals surface area contributed by atoms with Gasteiger partial charge in [0.05, 0.1) is 23.1 Å². The molecule has 0 aliphatic rings. The first-order valence-corrected chi connectivity index (χ1v) is 9.09. The van der Waals surface area contributed by atoms with E-state index in [1.54, 1.807) is 18.5 Å². The van der Waals surface area contributed by atoms with Gasteiger partial charge in [0.2, 0.25) is 0 Å². The summed E-state index contributed by atoms with van der Waals surface area (Å²) in [6.07, 6.45) is 5.78. The number of aliphatic hydroxyl groups is 1. The van der Waals surface area contributed by atoms with Gasteiger partial charge in [-0.15, -0.1) is 0 Å². The van der Waals surface area contributed by atoms with Gasteiger partial charge in [0.1, 0.15) is 0 Å². The first-order valence-electron chi connectivity index (χ1n) is 9.09. The Morgan fingerprint density at radius 1 is 1.15 bits per heavy atom. The number of hydrogen-bond donors (Lipinski definition) is 2. The molecule has 0 bridgehead atoms. The molecule has 0 unspecified atom stereocenters. The fourth-order valence-electron chi connectivity index (χ4n) is 2.69. The lowest BCUT2D eigenvalue weighted by Gasteiger charge is -2.06. The van der Waals surface area contributed by atoms with Gasteiger partial charge in [-0.25, -0.2) is 4.68 Å². The molecule has 140 valence electrons. The summed E-state index contributed by atoms with van der Waals surface area (Å²) < 4.78 is 1.82. The predicted molar refractivity (Wildman–Crippen MR) is 105 cm³/mol. The van der Waals surface area contributed by atoms with Crippen LogP contribution in [0.15, 0.2) is 55.0 Å². The zero-order valence-electron chi connectivity index (χ0n) is 15.6. The first-order chi connectivity index (χ1) is 13.1. The Hall–Kier alpha value is -2.99. The highest BCUT2D eigenvalue weighted by atomic mass is 16.3. The topological polar surface area (TPSA) is 80.0 Å². The van der Waals surface area contributed by atoms with Gasteiger partial charge in [0, 0.05) is 31.1 Å². The molecule has 0 aliphatic carbocycles. The van der Waals surface area contributed by atoms with Gasteiger partial charge in [0.15, 0.2) is 0 Å². The summed E-state index contributed by atoms with van der Waals surface area (Å²) in [6.45, 7) is 4.84. The minimum Gasteiger partial charge on any atom is -0.396 e. The van der Waals surface area contributed by atoms with Crippen molar-refractivity contribution in [3.8, 4) is 16.9 Å². The third-order valence-electron chi connectivity index (χ3n) is 4.35. The van der Waals surface area contributed by atoms with Gasteiger partial charge in [-0.05, 0) is 42.2 Å². The van der Waals surface area contributed by atoms with Crippen LogP contribution in [0.2, 0.25) is 0 Å². The summed E-state index contributed by atoms with van der Waals surface area (Å²) in [7, 11) is 0. The smallest absolute Gasteiger partial charge is 0.252 e. The van der Waals surface area contributed by atoms with E-state index in [1.165, 1.54) is 5.56 Å². The summed E-state index contributed by atoms with van der Waals surface area (Å²) in [5.41, 5.74) is 4.42. The van der Waals surface area contributed by atoms with E-state index in [0.29, 0.717) is 24.4 Å². The lowest BCUT2D eigenvalue weighted by Crippen LogP contribution is -2.25. The number of nitrogens with zero attached hydrogens (tertiary/aromatic N) is 3. The molecule has 0 saturated carbocycles. The fourth-order valence-corrected chi connectivity index (χ4v) is 2.69. The van der Waals surface area contributed by atoms with Crippen LogP contribution in [0.5, 0.6) is 0 Å². The quantitative estimate of drug-likeness (QED) is 0.631. The van der Waals surface area contributed by atoms with Gasteiger partial charge in [-0.1, -0.05) is 26.0 Å². The van der Waals surface area contributed by atoms with E-state index in [2.05, 4.69) is 53.5 Å². The van der Waals surface area contributed by atoms with Crippen LogP contribution in [0.4, 0.5) is 0 Å². The van der Waals surface area contributed by atoms with Gasteiger partial charge < -0.3 is 10.4 Å². The van der Waals surface area contributed by atoms with E-state index < -0.39 is 0 Å². The van der Waals surface area contributed by atoms with Crippen LogP contribution < -0.4 is 5.32 Å². The highest BCUT2D eigenvalue weighted by Gasteiger charge is 2.09. The summed E-state index contributed by atoms with van der Waals surface area (Å²) in [5.74, 6) is 0.305. The average molecular weight is 364 g/mol. The van der Waals surface area contributed by atoms with Crippen LogP contribution in [-0.4, -0.2) is 38.9 Å². The van der Waals surface area contributed by atoms with Crippen LogP contribution in [0.25, 0.3) is 16.9 Å². The van der Waals surface area contributed by atoms with Crippen molar-refractivity contribution in [3.05, 3.63) is 66.1 Å². The number of carbonyl (C=O) groups excluding carboxylic acids is 1. The van der Waals surface area contributed by atoms with E-state index in [0.717, 1.165) is 16.9 Å². The van der Waals surface area contributed by atoms with Gasteiger partial charge in [-0.3, -0.25) is 9.78 Å². The monoisotopic (exact) mass is 364 g/mol. The molecule has 2 N–H and O–H groups in total. The van der Waals surface area contributed by atoms with Gasteiger partial charge in [0.25, 0.3) is 5.91 Å². The second-order valence-electron chi connectivity index (χ2n) is 6.68. The molecule has 0 radical (unpaired) electrons. The van der Waals surface area contributed by atoms with Crippen molar-refractivity contribution in [1.29, 1.82) is 0 Å². The number of pyridine rings is 1. The number of rotatable bonds is 7. The number of nitrogens with one attached hydrogen (secondary N) is 1. The average Bonchev–Trinajstić information content (AvgIpc) is 3.18. The van der Waals surface area contributed by atoms with Crippen molar-refractivity contribution in [1.82, 2.24) is 20.1 Å².